The van der Waals surface area contributed by atoms with Crippen LogP contribution in [0.4, 0.5) is 4.79 Å². The first-order valence-corrected chi connectivity index (χ1v) is 6.35. The average molecular weight is 294 g/mol. The Morgan fingerprint density at radius 2 is 1.86 bits per heavy atom. The van der Waals surface area contributed by atoms with E-state index in [1.54, 1.807) is 19.2 Å². The van der Waals surface area contributed by atoms with Crippen molar-refractivity contribution >= 4 is 17.9 Å². The lowest BCUT2D eigenvalue weighted by atomic mass is 10.1. The van der Waals surface area contributed by atoms with Crippen LogP contribution in [-0.2, 0) is 20.7 Å². The molecule has 0 fully saturated rings. The number of amides is 3. The fourth-order valence-electron chi connectivity index (χ4n) is 1.57. The highest BCUT2D eigenvalue weighted by Gasteiger charge is 2.18. The second-order valence-corrected chi connectivity index (χ2v) is 4.33. The summed E-state index contributed by atoms with van der Waals surface area (Å²) < 4.78 is 9.93. The second kappa shape index (κ2) is 7.88. The molecule has 0 saturated carbocycles. The van der Waals surface area contributed by atoms with Gasteiger partial charge >= 0.3 is 12.0 Å². The van der Waals surface area contributed by atoms with Crippen molar-refractivity contribution in [3.05, 3.63) is 29.8 Å². The fourth-order valence-corrected chi connectivity index (χ4v) is 1.57. The van der Waals surface area contributed by atoms with E-state index in [1.165, 1.54) is 6.92 Å². The first-order valence-electron chi connectivity index (χ1n) is 6.35. The van der Waals surface area contributed by atoms with Crippen LogP contribution in [0.25, 0.3) is 0 Å². The van der Waals surface area contributed by atoms with Crippen LogP contribution in [0, 0.1) is 0 Å². The number of imide groups is 1. The molecule has 0 bridgehead atoms. The van der Waals surface area contributed by atoms with Crippen molar-refractivity contribution in [1.29, 1.82) is 0 Å². The lowest BCUT2D eigenvalue weighted by Gasteiger charge is -2.12. The highest BCUT2D eigenvalue weighted by Crippen LogP contribution is 2.12. The van der Waals surface area contributed by atoms with Crippen LogP contribution in [0.15, 0.2) is 24.3 Å². The van der Waals surface area contributed by atoms with Crippen LogP contribution in [-0.4, -0.2) is 31.1 Å². The van der Waals surface area contributed by atoms with Gasteiger partial charge in [-0.1, -0.05) is 12.1 Å². The summed E-state index contributed by atoms with van der Waals surface area (Å²) in [4.78, 5) is 33.4. The SMILES string of the molecule is COc1ccc(CCC(=O)O[C@@H](C)C(=O)NC(N)=O)cc1. The number of urea groups is 1. The Morgan fingerprint density at radius 1 is 1.24 bits per heavy atom. The molecule has 0 saturated heterocycles. The molecule has 1 rings (SSSR count). The summed E-state index contributed by atoms with van der Waals surface area (Å²) in [6.45, 7) is 1.36. The number of carbonyl (C=O) groups excluding carboxylic acids is 3. The number of primary amides is 1. The zero-order valence-electron chi connectivity index (χ0n) is 11.9. The molecule has 0 aliphatic heterocycles. The molecule has 1 aromatic carbocycles. The Balaban J connectivity index is 2.39. The Kier molecular flexibility index (Phi) is 6.19. The number of rotatable bonds is 6. The van der Waals surface area contributed by atoms with E-state index in [4.69, 9.17) is 15.2 Å². The summed E-state index contributed by atoms with van der Waals surface area (Å²) in [6, 6.07) is 6.29. The number of nitrogens with two attached hydrogens (primary N) is 1. The van der Waals surface area contributed by atoms with Gasteiger partial charge in [-0.05, 0) is 31.0 Å². The molecule has 0 heterocycles. The van der Waals surface area contributed by atoms with Gasteiger partial charge in [0.1, 0.15) is 5.75 Å². The maximum absolute atomic E-state index is 11.6. The minimum absolute atomic E-state index is 0.126. The van der Waals surface area contributed by atoms with E-state index < -0.39 is 24.0 Å². The largest absolute Gasteiger partial charge is 0.497 e. The van der Waals surface area contributed by atoms with Gasteiger partial charge in [-0.3, -0.25) is 14.9 Å². The minimum atomic E-state index is -1.07. The quantitative estimate of drug-likeness (QED) is 0.753. The predicted molar refractivity (Wildman–Crippen MR) is 74.6 cm³/mol. The van der Waals surface area contributed by atoms with E-state index in [0.717, 1.165) is 11.3 Å². The monoisotopic (exact) mass is 294 g/mol. The molecule has 0 unspecified atom stereocenters. The summed E-state index contributed by atoms with van der Waals surface area (Å²) in [5.74, 6) is -0.545. The number of aryl methyl sites for hydroxylation is 1. The summed E-state index contributed by atoms with van der Waals surface area (Å²) in [7, 11) is 1.57. The van der Waals surface area contributed by atoms with Crippen LogP contribution < -0.4 is 15.8 Å². The molecular formula is C14H18N2O5. The zero-order chi connectivity index (χ0) is 15.8. The van der Waals surface area contributed by atoms with Crippen LogP contribution >= 0.6 is 0 Å². The molecule has 1 aromatic rings. The molecule has 0 aliphatic carbocycles. The first kappa shape index (κ1) is 16.5. The summed E-state index contributed by atoms with van der Waals surface area (Å²) in [6.07, 6.45) is -0.464. The van der Waals surface area contributed by atoms with Crippen molar-refractivity contribution in [2.45, 2.75) is 25.9 Å². The molecule has 21 heavy (non-hydrogen) atoms. The molecule has 0 radical (unpaired) electrons. The molecule has 7 nitrogen and oxygen atoms in total. The molecule has 7 heteroatoms. The first-order chi connectivity index (χ1) is 9.92. The van der Waals surface area contributed by atoms with Gasteiger partial charge in [0.2, 0.25) is 0 Å². The molecule has 0 spiro atoms. The van der Waals surface area contributed by atoms with Gasteiger partial charge in [0.25, 0.3) is 5.91 Å². The Labute approximate surface area is 122 Å². The Bertz CT molecular complexity index is 513. The standard InChI is InChI=1S/C14H18N2O5/c1-9(13(18)16-14(15)19)21-12(17)8-5-10-3-6-11(20-2)7-4-10/h3-4,6-7,9H,5,8H2,1-2H3,(H3,15,16,18,19)/t9-/m0/s1. The maximum atomic E-state index is 11.6. The summed E-state index contributed by atoms with van der Waals surface area (Å²) >= 11 is 0. The Morgan fingerprint density at radius 3 is 2.38 bits per heavy atom. The van der Waals surface area contributed by atoms with Crippen LogP contribution in [0.5, 0.6) is 5.75 Å². The third-order valence-electron chi connectivity index (χ3n) is 2.70. The molecule has 3 N–H and O–H groups in total. The number of hydrogen-bond donors (Lipinski definition) is 2. The van der Waals surface area contributed by atoms with Gasteiger partial charge in [0, 0.05) is 6.42 Å². The van der Waals surface area contributed by atoms with Crippen LogP contribution in [0.2, 0.25) is 0 Å². The van der Waals surface area contributed by atoms with E-state index in [9.17, 15) is 14.4 Å². The third-order valence-corrected chi connectivity index (χ3v) is 2.70. The van der Waals surface area contributed by atoms with Gasteiger partial charge in [0.05, 0.1) is 7.11 Å². The van der Waals surface area contributed by atoms with E-state index >= 15 is 0 Å². The van der Waals surface area contributed by atoms with Crippen LogP contribution in [0.1, 0.15) is 18.9 Å². The van der Waals surface area contributed by atoms with Crippen molar-refractivity contribution in [3.63, 3.8) is 0 Å². The van der Waals surface area contributed by atoms with Gasteiger partial charge in [-0.15, -0.1) is 0 Å². The smallest absolute Gasteiger partial charge is 0.318 e. The molecule has 114 valence electrons. The van der Waals surface area contributed by atoms with E-state index in [2.05, 4.69) is 0 Å². The number of nitrogens with one attached hydrogen (secondary N) is 1. The highest BCUT2D eigenvalue weighted by molar-refractivity contribution is 5.96. The molecule has 0 aliphatic rings. The molecule has 1 atom stereocenters. The number of ether oxygens (including phenoxy) is 2. The summed E-state index contributed by atoms with van der Waals surface area (Å²) in [5, 5.41) is 1.84. The predicted octanol–water partition coefficient (Wildman–Crippen LogP) is 0.754. The molecular weight excluding hydrogens is 276 g/mol. The van der Waals surface area contributed by atoms with Gasteiger partial charge in [-0.25, -0.2) is 4.79 Å². The van der Waals surface area contributed by atoms with Crippen molar-refractivity contribution in [2.24, 2.45) is 5.73 Å². The molecule has 3 amide bonds. The lowest BCUT2D eigenvalue weighted by Crippen LogP contribution is -2.42. The maximum Gasteiger partial charge on any atom is 0.318 e. The van der Waals surface area contributed by atoms with Crippen LogP contribution in [0.3, 0.4) is 0 Å². The highest BCUT2D eigenvalue weighted by atomic mass is 16.5. The number of carbonyl (C=O) groups is 3. The van der Waals surface area contributed by atoms with Gasteiger partial charge in [0.15, 0.2) is 6.10 Å². The van der Waals surface area contributed by atoms with E-state index in [0.29, 0.717) is 6.42 Å². The normalized spacial score (nSPS) is 11.3. The minimum Gasteiger partial charge on any atom is -0.497 e. The number of hydrogen-bond acceptors (Lipinski definition) is 5. The Hall–Kier alpha value is -2.57. The van der Waals surface area contributed by atoms with E-state index in [1.807, 2.05) is 17.4 Å². The topological polar surface area (TPSA) is 108 Å². The zero-order valence-corrected chi connectivity index (χ0v) is 11.9. The van der Waals surface area contributed by atoms with E-state index in [-0.39, 0.29) is 6.42 Å². The summed E-state index contributed by atoms with van der Waals surface area (Å²) in [5.41, 5.74) is 5.74. The van der Waals surface area contributed by atoms with Gasteiger partial charge < -0.3 is 15.2 Å². The van der Waals surface area contributed by atoms with Gasteiger partial charge in [-0.2, -0.15) is 0 Å². The molecule has 0 aromatic heterocycles. The average Bonchev–Trinajstić information content (AvgIpc) is 2.44. The number of benzene rings is 1. The van der Waals surface area contributed by atoms with Crippen molar-refractivity contribution in [2.75, 3.05) is 7.11 Å². The number of methoxy groups -OCH3 is 1. The van der Waals surface area contributed by atoms with Crippen molar-refractivity contribution < 1.29 is 23.9 Å². The fraction of sp³-hybridized carbons (Fsp3) is 0.357. The lowest BCUT2D eigenvalue weighted by molar-refractivity contribution is -0.154. The number of esters is 1. The van der Waals surface area contributed by atoms with Crippen molar-refractivity contribution in [3.8, 4) is 5.75 Å². The third kappa shape index (κ3) is 5.94. The van der Waals surface area contributed by atoms with Crippen molar-refractivity contribution in [1.82, 2.24) is 5.32 Å². The second-order valence-electron chi connectivity index (χ2n) is 4.33.